The van der Waals surface area contributed by atoms with Gasteiger partial charge in [0, 0.05) is 28.0 Å². The van der Waals surface area contributed by atoms with E-state index in [9.17, 15) is 18.0 Å². The molecule has 0 bridgehead atoms. The first-order valence-electron chi connectivity index (χ1n) is 11.9. The summed E-state index contributed by atoms with van der Waals surface area (Å²) in [7, 11) is -3.85. The molecule has 0 aromatic heterocycles. The summed E-state index contributed by atoms with van der Waals surface area (Å²) in [6.45, 7) is 4.94. The van der Waals surface area contributed by atoms with Gasteiger partial charge in [-0.25, -0.2) is 8.42 Å². The van der Waals surface area contributed by atoms with Crippen LogP contribution in [-0.4, -0.2) is 50.0 Å². The Morgan fingerprint density at radius 3 is 2.32 bits per heavy atom. The smallest absolute Gasteiger partial charge is 0.244 e. The van der Waals surface area contributed by atoms with E-state index in [2.05, 4.69) is 5.32 Å². The van der Waals surface area contributed by atoms with E-state index in [1.807, 2.05) is 38.1 Å². The Balaban J connectivity index is 2.01. The Morgan fingerprint density at radius 1 is 1.00 bits per heavy atom. The van der Waals surface area contributed by atoms with E-state index in [0.717, 1.165) is 22.4 Å². The van der Waals surface area contributed by atoms with Gasteiger partial charge in [-0.2, -0.15) is 0 Å². The maximum absolute atomic E-state index is 13.8. The number of anilines is 1. The molecule has 0 saturated heterocycles. The topological polar surface area (TPSA) is 86.8 Å². The van der Waals surface area contributed by atoms with Crippen molar-refractivity contribution in [2.75, 3.05) is 17.1 Å². The van der Waals surface area contributed by atoms with Gasteiger partial charge >= 0.3 is 0 Å². The van der Waals surface area contributed by atoms with Crippen molar-refractivity contribution in [1.29, 1.82) is 0 Å². The van der Waals surface area contributed by atoms with Crippen molar-refractivity contribution in [1.82, 2.24) is 10.2 Å². The lowest BCUT2D eigenvalue weighted by Crippen LogP contribution is -2.52. The molecule has 2 unspecified atom stereocenters. The fourth-order valence-electron chi connectivity index (χ4n) is 3.90. The highest BCUT2D eigenvalue weighted by Gasteiger charge is 2.31. The van der Waals surface area contributed by atoms with Crippen molar-refractivity contribution >= 4 is 61.5 Å². The standard InChI is InChI=1S/C27H31Cl2N3O4S/c1-5-18(2)30-27(34)19(3)31(16-21-13-14-22(28)15-24(21)29)26(33)17-32(37(4,35)36)25-12-8-10-20-9-6-7-11-23(20)25/h6-15,18-19H,5,16-17H2,1-4H3,(H,30,34). The second kappa shape index (κ2) is 12.2. The number of amides is 2. The summed E-state index contributed by atoms with van der Waals surface area (Å²) >= 11 is 12.4. The first-order valence-corrected chi connectivity index (χ1v) is 14.5. The van der Waals surface area contributed by atoms with Gasteiger partial charge < -0.3 is 10.2 Å². The molecule has 0 aliphatic rings. The minimum absolute atomic E-state index is 0.00291. The van der Waals surface area contributed by atoms with Crippen molar-refractivity contribution in [2.24, 2.45) is 0 Å². The summed E-state index contributed by atoms with van der Waals surface area (Å²) in [5.41, 5.74) is 0.966. The van der Waals surface area contributed by atoms with Crippen molar-refractivity contribution in [3.63, 3.8) is 0 Å². The van der Waals surface area contributed by atoms with Gasteiger partial charge in [0.05, 0.1) is 11.9 Å². The summed E-state index contributed by atoms with van der Waals surface area (Å²) in [4.78, 5) is 28.1. The summed E-state index contributed by atoms with van der Waals surface area (Å²) in [5.74, 6) is -0.889. The van der Waals surface area contributed by atoms with Crippen molar-refractivity contribution in [2.45, 2.75) is 45.8 Å². The number of rotatable bonds is 10. The van der Waals surface area contributed by atoms with Crippen LogP contribution in [0.15, 0.2) is 60.7 Å². The van der Waals surface area contributed by atoms with E-state index in [0.29, 0.717) is 26.7 Å². The van der Waals surface area contributed by atoms with Crippen LogP contribution in [0.2, 0.25) is 10.0 Å². The number of carbonyl (C=O) groups is 2. The Hall–Kier alpha value is -2.81. The zero-order valence-corrected chi connectivity index (χ0v) is 23.6. The molecular weight excluding hydrogens is 533 g/mol. The van der Waals surface area contributed by atoms with Crippen LogP contribution in [0.4, 0.5) is 5.69 Å². The van der Waals surface area contributed by atoms with Crippen LogP contribution in [0.3, 0.4) is 0 Å². The van der Waals surface area contributed by atoms with Crippen molar-refractivity contribution < 1.29 is 18.0 Å². The minimum Gasteiger partial charge on any atom is -0.352 e. The molecule has 0 saturated carbocycles. The number of sulfonamides is 1. The lowest BCUT2D eigenvalue weighted by molar-refractivity contribution is -0.139. The molecule has 3 aromatic carbocycles. The maximum atomic E-state index is 13.8. The van der Waals surface area contributed by atoms with E-state index >= 15 is 0 Å². The van der Waals surface area contributed by atoms with Gasteiger partial charge in [-0.05, 0) is 49.4 Å². The maximum Gasteiger partial charge on any atom is 0.244 e. The fraction of sp³-hybridized carbons (Fsp3) is 0.333. The second-order valence-electron chi connectivity index (χ2n) is 9.02. The largest absolute Gasteiger partial charge is 0.352 e. The molecule has 10 heteroatoms. The molecular formula is C27H31Cl2N3O4S. The molecule has 0 radical (unpaired) electrons. The second-order valence-corrected chi connectivity index (χ2v) is 11.8. The molecule has 3 rings (SSSR count). The molecule has 198 valence electrons. The highest BCUT2D eigenvalue weighted by molar-refractivity contribution is 7.92. The Labute approximate surface area is 228 Å². The SMILES string of the molecule is CCC(C)NC(=O)C(C)N(Cc1ccc(Cl)cc1Cl)C(=O)CN(c1cccc2ccccc12)S(C)(=O)=O. The Bertz CT molecular complexity index is 1390. The van der Waals surface area contributed by atoms with Gasteiger partial charge in [-0.15, -0.1) is 0 Å². The number of hydrogen-bond donors (Lipinski definition) is 1. The zero-order valence-electron chi connectivity index (χ0n) is 21.2. The molecule has 2 atom stereocenters. The van der Waals surface area contributed by atoms with E-state index in [-0.39, 0.29) is 18.5 Å². The normalized spacial score (nSPS) is 13.1. The fourth-order valence-corrected chi connectivity index (χ4v) is 5.23. The molecule has 1 N–H and O–H groups in total. The summed E-state index contributed by atoms with van der Waals surface area (Å²) in [6.07, 6.45) is 1.78. The quantitative estimate of drug-likeness (QED) is 0.365. The highest BCUT2D eigenvalue weighted by Crippen LogP contribution is 2.29. The van der Waals surface area contributed by atoms with Crippen LogP contribution in [0.25, 0.3) is 10.8 Å². The molecule has 3 aromatic rings. The molecule has 7 nitrogen and oxygen atoms in total. The highest BCUT2D eigenvalue weighted by atomic mass is 35.5. The van der Waals surface area contributed by atoms with Gasteiger partial charge in [0.25, 0.3) is 0 Å². The molecule has 0 aliphatic carbocycles. The number of fused-ring (bicyclic) bond motifs is 1. The summed E-state index contributed by atoms with van der Waals surface area (Å²) in [5, 5.41) is 5.21. The summed E-state index contributed by atoms with van der Waals surface area (Å²) in [6, 6.07) is 16.5. The van der Waals surface area contributed by atoms with Crippen LogP contribution in [0, 0.1) is 0 Å². The van der Waals surface area contributed by atoms with Crippen molar-refractivity contribution in [3.05, 3.63) is 76.3 Å². The molecule has 0 fully saturated rings. The third kappa shape index (κ3) is 7.15. The van der Waals surface area contributed by atoms with Gasteiger partial charge in [-0.1, -0.05) is 72.6 Å². The van der Waals surface area contributed by atoms with Crippen LogP contribution in [0.5, 0.6) is 0 Å². The molecule has 37 heavy (non-hydrogen) atoms. The first-order chi connectivity index (χ1) is 17.4. The first kappa shape index (κ1) is 28.8. The third-order valence-electron chi connectivity index (χ3n) is 6.24. The Kier molecular flexibility index (Phi) is 9.45. The minimum atomic E-state index is -3.85. The van der Waals surface area contributed by atoms with Crippen LogP contribution < -0.4 is 9.62 Å². The molecule has 0 aliphatic heterocycles. The number of nitrogens with one attached hydrogen (secondary N) is 1. The summed E-state index contributed by atoms with van der Waals surface area (Å²) < 4.78 is 26.9. The average molecular weight is 565 g/mol. The number of halogens is 2. The van der Waals surface area contributed by atoms with Gasteiger partial charge in [0.1, 0.15) is 12.6 Å². The lowest BCUT2D eigenvalue weighted by Gasteiger charge is -2.32. The van der Waals surface area contributed by atoms with Crippen LogP contribution in [-0.2, 0) is 26.2 Å². The van der Waals surface area contributed by atoms with E-state index in [1.165, 1.54) is 4.90 Å². The number of carbonyl (C=O) groups excluding carboxylic acids is 2. The molecule has 0 heterocycles. The monoisotopic (exact) mass is 563 g/mol. The Morgan fingerprint density at radius 2 is 1.68 bits per heavy atom. The van der Waals surface area contributed by atoms with Crippen LogP contribution in [0.1, 0.15) is 32.8 Å². The molecule has 0 spiro atoms. The third-order valence-corrected chi connectivity index (χ3v) is 7.95. The molecule has 2 amide bonds. The predicted molar refractivity (Wildman–Crippen MR) is 151 cm³/mol. The predicted octanol–water partition coefficient (Wildman–Crippen LogP) is 5.24. The number of nitrogens with zero attached hydrogens (tertiary/aromatic N) is 2. The van der Waals surface area contributed by atoms with Crippen molar-refractivity contribution in [3.8, 4) is 0 Å². The van der Waals surface area contributed by atoms with Crippen LogP contribution >= 0.6 is 23.2 Å². The zero-order chi connectivity index (χ0) is 27.3. The number of hydrogen-bond acceptors (Lipinski definition) is 4. The van der Waals surface area contributed by atoms with E-state index in [4.69, 9.17) is 23.2 Å². The van der Waals surface area contributed by atoms with E-state index in [1.54, 1.807) is 43.3 Å². The van der Waals surface area contributed by atoms with Gasteiger partial charge in [-0.3, -0.25) is 13.9 Å². The van der Waals surface area contributed by atoms with Gasteiger partial charge in [0.2, 0.25) is 21.8 Å². The lowest BCUT2D eigenvalue weighted by atomic mass is 10.1. The van der Waals surface area contributed by atoms with E-state index < -0.39 is 28.5 Å². The van der Waals surface area contributed by atoms with Gasteiger partial charge in [0.15, 0.2) is 0 Å². The average Bonchev–Trinajstić information content (AvgIpc) is 2.85. The number of benzene rings is 3.